The zero-order valence-electron chi connectivity index (χ0n) is 13.1. The van der Waals surface area contributed by atoms with E-state index < -0.39 is 0 Å². The molecular formula is C18H21N3O2. The Hall–Kier alpha value is -2.14. The Morgan fingerprint density at radius 3 is 2.96 bits per heavy atom. The van der Waals surface area contributed by atoms with E-state index in [9.17, 15) is 4.79 Å². The minimum atomic E-state index is 0.135. The summed E-state index contributed by atoms with van der Waals surface area (Å²) in [5, 5.41) is 0. The summed E-state index contributed by atoms with van der Waals surface area (Å²) < 4.78 is 5.43. The topological polar surface area (TPSA) is 49.6 Å². The highest BCUT2D eigenvalue weighted by Crippen LogP contribution is 2.33. The quantitative estimate of drug-likeness (QED) is 0.868. The second-order valence-corrected chi connectivity index (χ2v) is 6.55. The van der Waals surface area contributed by atoms with Crippen molar-refractivity contribution in [2.24, 2.45) is 11.8 Å². The SMILES string of the molecule is O=C1[C@H]2CN(Cc3ccco3)C[C@@H]2CCN1Cc1cccnc1. The third kappa shape index (κ3) is 3.01. The monoisotopic (exact) mass is 311 g/mol. The molecule has 1 amide bonds. The van der Waals surface area contributed by atoms with Gasteiger partial charge in [0, 0.05) is 38.6 Å². The second kappa shape index (κ2) is 6.16. The molecule has 4 rings (SSSR count). The van der Waals surface area contributed by atoms with Gasteiger partial charge >= 0.3 is 0 Å². The Kier molecular flexibility index (Phi) is 3.87. The number of piperidine rings is 1. The largest absolute Gasteiger partial charge is 0.468 e. The van der Waals surface area contributed by atoms with Crippen LogP contribution in [0.25, 0.3) is 0 Å². The molecule has 2 aliphatic rings. The Balaban J connectivity index is 1.40. The first kappa shape index (κ1) is 14.5. The Morgan fingerprint density at radius 1 is 1.22 bits per heavy atom. The van der Waals surface area contributed by atoms with Crippen LogP contribution >= 0.6 is 0 Å². The summed E-state index contributed by atoms with van der Waals surface area (Å²) in [5.41, 5.74) is 1.10. The molecule has 2 aromatic rings. The third-order valence-corrected chi connectivity index (χ3v) is 4.97. The fraction of sp³-hybridized carbons (Fsp3) is 0.444. The smallest absolute Gasteiger partial charge is 0.227 e. The van der Waals surface area contributed by atoms with Crippen LogP contribution in [-0.2, 0) is 17.9 Å². The maximum absolute atomic E-state index is 12.8. The molecule has 5 heteroatoms. The van der Waals surface area contributed by atoms with Gasteiger partial charge in [0.2, 0.25) is 5.91 Å². The Morgan fingerprint density at radius 2 is 2.17 bits per heavy atom. The molecule has 0 unspecified atom stereocenters. The molecule has 2 saturated heterocycles. The molecule has 2 atom stereocenters. The van der Waals surface area contributed by atoms with Crippen molar-refractivity contribution in [1.82, 2.24) is 14.8 Å². The first-order valence-corrected chi connectivity index (χ1v) is 8.22. The molecule has 23 heavy (non-hydrogen) atoms. The highest BCUT2D eigenvalue weighted by atomic mass is 16.3. The molecule has 0 saturated carbocycles. The zero-order chi connectivity index (χ0) is 15.6. The van der Waals surface area contributed by atoms with Crippen LogP contribution in [-0.4, -0.2) is 40.3 Å². The van der Waals surface area contributed by atoms with E-state index >= 15 is 0 Å². The minimum absolute atomic E-state index is 0.135. The fourth-order valence-electron chi connectivity index (χ4n) is 3.82. The molecule has 0 N–H and O–H groups in total. The van der Waals surface area contributed by atoms with Crippen LogP contribution in [0.1, 0.15) is 17.7 Å². The zero-order valence-corrected chi connectivity index (χ0v) is 13.1. The number of pyridine rings is 1. The number of rotatable bonds is 4. The van der Waals surface area contributed by atoms with Gasteiger partial charge in [-0.1, -0.05) is 6.07 Å². The van der Waals surface area contributed by atoms with E-state index in [0.29, 0.717) is 18.4 Å². The number of carbonyl (C=O) groups excluding carboxylic acids is 1. The average Bonchev–Trinajstić information content (AvgIpc) is 3.21. The molecule has 0 aliphatic carbocycles. The predicted octanol–water partition coefficient (Wildman–Crippen LogP) is 2.16. The van der Waals surface area contributed by atoms with Gasteiger partial charge in [-0.3, -0.25) is 14.7 Å². The summed E-state index contributed by atoms with van der Waals surface area (Å²) >= 11 is 0. The van der Waals surface area contributed by atoms with Crippen LogP contribution < -0.4 is 0 Å². The molecule has 2 aromatic heterocycles. The molecule has 2 aliphatic heterocycles. The molecular weight excluding hydrogens is 290 g/mol. The molecule has 5 nitrogen and oxygen atoms in total. The second-order valence-electron chi connectivity index (χ2n) is 6.55. The number of likely N-dealkylation sites (tertiary alicyclic amines) is 2. The fourth-order valence-corrected chi connectivity index (χ4v) is 3.82. The van der Waals surface area contributed by atoms with E-state index in [0.717, 1.165) is 43.9 Å². The Bertz CT molecular complexity index is 656. The first-order valence-electron chi connectivity index (χ1n) is 8.22. The van der Waals surface area contributed by atoms with Crippen molar-refractivity contribution >= 4 is 5.91 Å². The standard InChI is InChI=1S/C18H21N3O2/c22-18-17-13-20(12-16-4-2-8-23-16)11-15(17)5-7-21(18)10-14-3-1-6-19-9-14/h1-4,6,8-9,15,17H,5,7,10-13H2/t15-,17-/m0/s1. The lowest BCUT2D eigenvalue weighted by Gasteiger charge is -2.33. The van der Waals surface area contributed by atoms with E-state index in [4.69, 9.17) is 4.42 Å². The highest BCUT2D eigenvalue weighted by Gasteiger charge is 2.42. The van der Waals surface area contributed by atoms with Crippen molar-refractivity contribution in [1.29, 1.82) is 0 Å². The molecule has 0 radical (unpaired) electrons. The molecule has 2 fully saturated rings. The van der Waals surface area contributed by atoms with E-state index in [-0.39, 0.29) is 5.92 Å². The maximum atomic E-state index is 12.8. The van der Waals surface area contributed by atoms with Gasteiger partial charge in [-0.25, -0.2) is 0 Å². The number of nitrogens with zero attached hydrogens (tertiary/aromatic N) is 3. The van der Waals surface area contributed by atoms with Gasteiger partial charge in [0.1, 0.15) is 5.76 Å². The molecule has 4 heterocycles. The van der Waals surface area contributed by atoms with Gasteiger partial charge in [-0.05, 0) is 36.1 Å². The number of aromatic nitrogens is 1. The highest BCUT2D eigenvalue weighted by molar-refractivity contribution is 5.80. The summed E-state index contributed by atoms with van der Waals surface area (Å²) in [5.74, 6) is 1.90. The lowest BCUT2D eigenvalue weighted by Crippen LogP contribution is -2.44. The lowest BCUT2D eigenvalue weighted by atomic mass is 9.88. The van der Waals surface area contributed by atoms with Crippen LogP contribution in [0.3, 0.4) is 0 Å². The van der Waals surface area contributed by atoms with Gasteiger partial charge < -0.3 is 9.32 Å². The normalized spacial score (nSPS) is 24.9. The van der Waals surface area contributed by atoms with Crippen molar-refractivity contribution in [2.75, 3.05) is 19.6 Å². The molecule has 0 aromatic carbocycles. The maximum Gasteiger partial charge on any atom is 0.227 e. The predicted molar refractivity (Wildman–Crippen MR) is 85.2 cm³/mol. The van der Waals surface area contributed by atoms with Gasteiger partial charge in [-0.15, -0.1) is 0 Å². The van der Waals surface area contributed by atoms with Gasteiger partial charge in [0.15, 0.2) is 0 Å². The van der Waals surface area contributed by atoms with Crippen molar-refractivity contribution in [3.05, 3.63) is 54.2 Å². The molecule has 120 valence electrons. The lowest BCUT2D eigenvalue weighted by molar-refractivity contribution is -0.140. The number of furan rings is 1. The number of fused-ring (bicyclic) bond motifs is 1. The van der Waals surface area contributed by atoms with Crippen molar-refractivity contribution in [2.45, 2.75) is 19.5 Å². The van der Waals surface area contributed by atoms with Crippen molar-refractivity contribution in [3.63, 3.8) is 0 Å². The third-order valence-electron chi connectivity index (χ3n) is 4.97. The number of hydrogen-bond donors (Lipinski definition) is 0. The van der Waals surface area contributed by atoms with Gasteiger partial charge in [0.25, 0.3) is 0 Å². The minimum Gasteiger partial charge on any atom is -0.468 e. The summed E-state index contributed by atoms with van der Waals surface area (Å²) in [6.07, 6.45) is 6.41. The van der Waals surface area contributed by atoms with Crippen LogP contribution in [0.2, 0.25) is 0 Å². The van der Waals surface area contributed by atoms with E-state index in [1.807, 2.05) is 35.4 Å². The van der Waals surface area contributed by atoms with Crippen LogP contribution in [0.4, 0.5) is 0 Å². The number of amides is 1. The number of carbonyl (C=O) groups is 1. The first-order chi connectivity index (χ1) is 11.3. The van der Waals surface area contributed by atoms with E-state index in [1.54, 1.807) is 12.5 Å². The van der Waals surface area contributed by atoms with Crippen LogP contribution in [0, 0.1) is 11.8 Å². The molecule has 0 bridgehead atoms. The summed E-state index contributed by atoms with van der Waals surface area (Å²) in [6.45, 7) is 4.17. The summed E-state index contributed by atoms with van der Waals surface area (Å²) in [4.78, 5) is 21.3. The van der Waals surface area contributed by atoms with Crippen LogP contribution in [0.5, 0.6) is 0 Å². The van der Waals surface area contributed by atoms with Gasteiger partial charge in [-0.2, -0.15) is 0 Å². The molecule has 0 spiro atoms. The number of hydrogen-bond acceptors (Lipinski definition) is 4. The van der Waals surface area contributed by atoms with Gasteiger partial charge in [0.05, 0.1) is 18.7 Å². The van der Waals surface area contributed by atoms with E-state index in [2.05, 4.69) is 9.88 Å². The summed E-state index contributed by atoms with van der Waals surface area (Å²) in [6, 6.07) is 7.87. The van der Waals surface area contributed by atoms with Crippen molar-refractivity contribution in [3.8, 4) is 0 Å². The van der Waals surface area contributed by atoms with Crippen molar-refractivity contribution < 1.29 is 9.21 Å². The Labute approximate surface area is 135 Å². The van der Waals surface area contributed by atoms with E-state index in [1.165, 1.54) is 0 Å². The average molecular weight is 311 g/mol. The summed E-state index contributed by atoms with van der Waals surface area (Å²) in [7, 11) is 0. The van der Waals surface area contributed by atoms with Crippen LogP contribution in [0.15, 0.2) is 47.3 Å².